The molecule has 120 valence electrons. The number of rotatable bonds is 5. The van der Waals surface area contributed by atoms with Crippen molar-refractivity contribution in [1.82, 2.24) is 0 Å². The van der Waals surface area contributed by atoms with Gasteiger partial charge in [-0.2, -0.15) is 0 Å². The van der Waals surface area contributed by atoms with Crippen LogP contribution in [0.1, 0.15) is 18.9 Å². The Labute approximate surface area is 134 Å². The van der Waals surface area contributed by atoms with Crippen molar-refractivity contribution in [2.24, 2.45) is 4.99 Å². The van der Waals surface area contributed by atoms with Gasteiger partial charge in [-0.15, -0.1) is 0 Å². The van der Waals surface area contributed by atoms with Crippen molar-refractivity contribution in [3.05, 3.63) is 58.1 Å². The monoisotopic (exact) mass is 332 g/mol. The molecule has 0 N–H and O–H groups in total. The van der Waals surface area contributed by atoms with Crippen molar-refractivity contribution >= 4 is 27.4 Å². The highest BCUT2D eigenvalue weighted by molar-refractivity contribution is 7.91. The molecule has 6 nitrogen and oxygen atoms in total. The maximum atomic E-state index is 12.7. The van der Waals surface area contributed by atoms with E-state index in [1.165, 1.54) is 30.3 Å². The second-order valence-electron chi connectivity index (χ2n) is 4.92. The fourth-order valence-electron chi connectivity index (χ4n) is 2.09. The predicted molar refractivity (Wildman–Crippen MR) is 88.2 cm³/mol. The van der Waals surface area contributed by atoms with E-state index in [4.69, 9.17) is 0 Å². The Morgan fingerprint density at radius 2 is 1.83 bits per heavy atom. The van der Waals surface area contributed by atoms with Crippen LogP contribution >= 0.6 is 0 Å². The fourth-order valence-corrected chi connectivity index (χ4v) is 3.56. The van der Waals surface area contributed by atoms with Gasteiger partial charge in [-0.3, -0.25) is 15.1 Å². The maximum absolute atomic E-state index is 12.7. The van der Waals surface area contributed by atoms with Crippen molar-refractivity contribution in [3.63, 3.8) is 0 Å². The van der Waals surface area contributed by atoms with Gasteiger partial charge in [0.2, 0.25) is 9.84 Å². The molecule has 2 aromatic carbocycles. The first-order chi connectivity index (χ1) is 10.9. The Hall–Kier alpha value is -2.54. The predicted octanol–water partition coefficient (Wildman–Crippen LogP) is 3.85. The van der Waals surface area contributed by atoms with Crippen LogP contribution in [-0.4, -0.2) is 19.6 Å². The summed E-state index contributed by atoms with van der Waals surface area (Å²) in [7, 11) is -3.72. The van der Waals surface area contributed by atoms with Crippen LogP contribution < -0.4 is 0 Å². The average Bonchev–Trinajstić information content (AvgIpc) is 2.52. The summed E-state index contributed by atoms with van der Waals surface area (Å²) < 4.78 is 25.3. The molecule has 0 aliphatic rings. The molecule has 0 saturated heterocycles. The average molecular weight is 332 g/mol. The van der Waals surface area contributed by atoms with E-state index in [1.54, 1.807) is 25.3 Å². The quantitative estimate of drug-likeness (QED) is 0.472. The first kappa shape index (κ1) is 16.8. The van der Waals surface area contributed by atoms with Crippen molar-refractivity contribution in [1.29, 1.82) is 0 Å². The summed E-state index contributed by atoms with van der Waals surface area (Å²) in [6.45, 7) is 3.66. The maximum Gasteiger partial charge on any atom is 0.269 e. The molecule has 0 bridgehead atoms. The first-order valence-electron chi connectivity index (χ1n) is 6.99. The lowest BCUT2D eigenvalue weighted by molar-refractivity contribution is -0.384. The van der Waals surface area contributed by atoms with Crippen LogP contribution in [0.25, 0.3) is 0 Å². The van der Waals surface area contributed by atoms with E-state index in [-0.39, 0.29) is 15.5 Å². The molecule has 7 heteroatoms. The van der Waals surface area contributed by atoms with Gasteiger partial charge in [0.25, 0.3) is 5.69 Å². The van der Waals surface area contributed by atoms with Crippen LogP contribution in [0.4, 0.5) is 11.4 Å². The number of benzene rings is 2. The van der Waals surface area contributed by atoms with E-state index in [1.807, 2.05) is 6.92 Å². The van der Waals surface area contributed by atoms with Gasteiger partial charge in [0.1, 0.15) is 0 Å². The van der Waals surface area contributed by atoms with E-state index in [2.05, 4.69) is 4.99 Å². The van der Waals surface area contributed by atoms with E-state index in [0.717, 1.165) is 6.42 Å². The number of hydrogen-bond donors (Lipinski definition) is 0. The molecule has 0 radical (unpaired) electrons. The largest absolute Gasteiger partial charge is 0.269 e. The Balaban J connectivity index is 2.43. The van der Waals surface area contributed by atoms with Crippen LogP contribution in [0.5, 0.6) is 0 Å². The van der Waals surface area contributed by atoms with Gasteiger partial charge >= 0.3 is 0 Å². The number of nitrogens with zero attached hydrogens (tertiary/aromatic N) is 2. The Morgan fingerprint density at radius 1 is 1.17 bits per heavy atom. The lowest BCUT2D eigenvalue weighted by atomic mass is 10.2. The smallest absolute Gasteiger partial charge is 0.261 e. The van der Waals surface area contributed by atoms with Gasteiger partial charge in [0.05, 0.1) is 20.4 Å². The SMILES string of the molecule is CCC=Nc1ccc(S(=O)(=O)c2ccc([N+](=O)[O-])cc2)c(C)c1. The van der Waals surface area contributed by atoms with E-state index in [9.17, 15) is 18.5 Å². The van der Waals surface area contributed by atoms with E-state index >= 15 is 0 Å². The zero-order valence-corrected chi connectivity index (χ0v) is 13.6. The van der Waals surface area contributed by atoms with Crippen LogP contribution in [0.2, 0.25) is 0 Å². The zero-order valence-electron chi connectivity index (χ0n) is 12.8. The Kier molecular flexibility index (Phi) is 4.90. The van der Waals surface area contributed by atoms with Crippen LogP contribution in [0.15, 0.2) is 57.2 Å². The molecule has 0 spiro atoms. The van der Waals surface area contributed by atoms with Gasteiger partial charge in [0, 0.05) is 18.3 Å². The molecular weight excluding hydrogens is 316 g/mol. The van der Waals surface area contributed by atoms with Crippen LogP contribution in [0.3, 0.4) is 0 Å². The molecule has 0 aliphatic carbocycles. The van der Waals surface area contributed by atoms with Crippen molar-refractivity contribution in [2.75, 3.05) is 0 Å². The Bertz CT molecular complexity index is 856. The molecule has 23 heavy (non-hydrogen) atoms. The minimum Gasteiger partial charge on any atom is -0.261 e. The third-order valence-electron chi connectivity index (χ3n) is 3.23. The summed E-state index contributed by atoms with van der Waals surface area (Å²) in [5, 5.41) is 10.7. The third-order valence-corrected chi connectivity index (χ3v) is 5.16. The summed E-state index contributed by atoms with van der Waals surface area (Å²) in [6.07, 6.45) is 2.54. The minimum absolute atomic E-state index is 0.0241. The first-order valence-corrected chi connectivity index (χ1v) is 8.47. The molecule has 0 aliphatic heterocycles. The number of hydrogen-bond acceptors (Lipinski definition) is 5. The number of nitro benzene ring substituents is 1. The number of non-ortho nitro benzene ring substituents is 1. The standard InChI is InChI=1S/C16H16N2O4S/c1-3-10-17-13-4-9-16(12(2)11-13)23(21,22)15-7-5-14(6-8-15)18(19)20/h4-11H,3H2,1-2H3. The molecule has 0 saturated carbocycles. The molecule has 0 amide bonds. The summed E-state index contributed by atoms with van der Waals surface area (Å²) in [4.78, 5) is 14.5. The minimum atomic E-state index is -3.72. The molecule has 0 fully saturated rings. The molecule has 2 rings (SSSR count). The van der Waals surface area contributed by atoms with E-state index in [0.29, 0.717) is 11.3 Å². The number of sulfone groups is 1. The van der Waals surface area contributed by atoms with Gasteiger partial charge < -0.3 is 0 Å². The summed E-state index contributed by atoms with van der Waals surface area (Å²) in [6, 6.07) is 9.70. The van der Waals surface area contributed by atoms with E-state index < -0.39 is 14.8 Å². The van der Waals surface area contributed by atoms with Gasteiger partial charge in [-0.1, -0.05) is 6.92 Å². The topological polar surface area (TPSA) is 89.6 Å². The highest BCUT2D eigenvalue weighted by atomic mass is 32.2. The molecule has 2 aromatic rings. The number of aliphatic imine (C=N–C) groups is 1. The lowest BCUT2D eigenvalue weighted by Gasteiger charge is -2.08. The van der Waals surface area contributed by atoms with Crippen molar-refractivity contribution in [3.8, 4) is 0 Å². The Morgan fingerprint density at radius 3 is 2.35 bits per heavy atom. The second-order valence-corrected chi connectivity index (χ2v) is 6.84. The molecule has 0 heterocycles. The van der Waals surface area contributed by atoms with Gasteiger partial charge in [-0.25, -0.2) is 8.42 Å². The highest BCUT2D eigenvalue weighted by Gasteiger charge is 2.21. The fraction of sp³-hybridized carbons (Fsp3) is 0.188. The summed E-state index contributed by atoms with van der Waals surface area (Å²) in [5.74, 6) is 0. The molecule has 0 unspecified atom stereocenters. The second kappa shape index (κ2) is 6.70. The molecule has 0 aromatic heterocycles. The van der Waals surface area contributed by atoms with Crippen molar-refractivity contribution < 1.29 is 13.3 Å². The number of nitro groups is 1. The summed E-state index contributed by atoms with van der Waals surface area (Å²) in [5.41, 5.74) is 1.12. The molecular formula is C16H16N2O4S. The third kappa shape index (κ3) is 3.62. The zero-order chi connectivity index (χ0) is 17.0. The van der Waals surface area contributed by atoms with Gasteiger partial charge in [-0.05, 0) is 49.2 Å². The number of aryl methyl sites for hydroxylation is 1. The van der Waals surface area contributed by atoms with Gasteiger partial charge in [0.15, 0.2) is 0 Å². The lowest BCUT2D eigenvalue weighted by Crippen LogP contribution is -2.04. The van der Waals surface area contributed by atoms with Crippen molar-refractivity contribution in [2.45, 2.75) is 30.1 Å². The highest BCUT2D eigenvalue weighted by Crippen LogP contribution is 2.28. The summed E-state index contributed by atoms with van der Waals surface area (Å²) >= 11 is 0. The normalized spacial score (nSPS) is 11.7. The molecule has 0 atom stereocenters. The van der Waals surface area contributed by atoms with Crippen LogP contribution in [0, 0.1) is 17.0 Å². The van der Waals surface area contributed by atoms with Crippen LogP contribution in [-0.2, 0) is 9.84 Å².